The standard InChI is InChI=1S/C19H38N8O5/c1-11(2)15(18(31)32)27-14(28)10-25-17(30)13(7-3-4-8-20)26-16(29)12(21)6-5-9-24-19(22)23/h11-13,15H,3-10,20-21H2,1-2H3,(H,25,30)(H,26,29)(H,27,28)(H,31,32)(H4,22,23,24). The zero-order chi connectivity index (χ0) is 24.7. The van der Waals surface area contributed by atoms with Crippen LogP contribution in [0.2, 0.25) is 0 Å². The van der Waals surface area contributed by atoms with Crippen molar-refractivity contribution in [3.8, 4) is 0 Å². The Kier molecular flexibility index (Phi) is 14.4. The fourth-order valence-electron chi connectivity index (χ4n) is 2.72. The van der Waals surface area contributed by atoms with E-state index >= 15 is 0 Å². The van der Waals surface area contributed by atoms with Gasteiger partial charge >= 0.3 is 5.97 Å². The van der Waals surface area contributed by atoms with E-state index in [2.05, 4.69) is 20.9 Å². The van der Waals surface area contributed by atoms with Crippen molar-refractivity contribution in [1.82, 2.24) is 16.0 Å². The lowest BCUT2D eigenvalue weighted by Crippen LogP contribution is -2.53. The Bertz CT molecular complexity index is 652. The topological polar surface area (TPSA) is 241 Å². The number of aliphatic carboxylic acids is 1. The Morgan fingerprint density at radius 1 is 0.969 bits per heavy atom. The summed E-state index contributed by atoms with van der Waals surface area (Å²) in [5.74, 6) is -3.29. The zero-order valence-corrected chi connectivity index (χ0v) is 18.8. The molecule has 3 amide bonds. The largest absolute Gasteiger partial charge is 0.480 e. The van der Waals surface area contributed by atoms with E-state index in [1.165, 1.54) is 0 Å². The summed E-state index contributed by atoms with van der Waals surface area (Å²) in [6, 6.07) is -2.85. The third-order valence-electron chi connectivity index (χ3n) is 4.56. The Morgan fingerprint density at radius 3 is 2.16 bits per heavy atom. The van der Waals surface area contributed by atoms with Gasteiger partial charge in [-0.15, -0.1) is 0 Å². The van der Waals surface area contributed by atoms with Crippen molar-refractivity contribution >= 4 is 29.7 Å². The molecule has 0 rings (SSSR count). The van der Waals surface area contributed by atoms with Gasteiger partial charge in [-0.2, -0.15) is 0 Å². The molecule has 0 bridgehead atoms. The molecule has 3 unspecified atom stereocenters. The Morgan fingerprint density at radius 2 is 1.62 bits per heavy atom. The minimum absolute atomic E-state index is 0.0493. The molecule has 0 aromatic carbocycles. The van der Waals surface area contributed by atoms with Gasteiger partial charge in [-0.3, -0.25) is 19.4 Å². The molecule has 0 spiro atoms. The van der Waals surface area contributed by atoms with Crippen LogP contribution in [0.3, 0.4) is 0 Å². The summed E-state index contributed by atoms with van der Waals surface area (Å²) in [5, 5.41) is 16.5. The smallest absolute Gasteiger partial charge is 0.326 e. The van der Waals surface area contributed by atoms with Gasteiger partial charge in [0.1, 0.15) is 12.1 Å². The zero-order valence-electron chi connectivity index (χ0n) is 18.8. The number of nitrogens with zero attached hydrogens (tertiary/aromatic N) is 1. The first kappa shape index (κ1) is 29.1. The number of guanidine groups is 1. The minimum atomic E-state index is -1.17. The van der Waals surface area contributed by atoms with Crippen LogP contribution < -0.4 is 38.9 Å². The normalized spacial score (nSPS) is 13.5. The molecular formula is C19H38N8O5. The average molecular weight is 459 g/mol. The summed E-state index contributed by atoms with van der Waals surface area (Å²) < 4.78 is 0. The molecule has 0 radical (unpaired) electrons. The molecule has 12 N–H and O–H groups in total. The van der Waals surface area contributed by atoms with Crippen molar-refractivity contribution in [2.24, 2.45) is 33.8 Å². The molecule has 0 saturated carbocycles. The number of hydrogen-bond donors (Lipinski definition) is 8. The van der Waals surface area contributed by atoms with Gasteiger partial charge in [-0.1, -0.05) is 13.8 Å². The van der Waals surface area contributed by atoms with Crippen LogP contribution >= 0.6 is 0 Å². The first-order chi connectivity index (χ1) is 15.0. The second kappa shape index (κ2) is 15.8. The predicted octanol–water partition coefficient (Wildman–Crippen LogP) is -2.68. The molecule has 13 nitrogen and oxygen atoms in total. The van der Waals surface area contributed by atoms with E-state index in [4.69, 9.17) is 28.0 Å². The molecular weight excluding hydrogens is 420 g/mol. The molecule has 32 heavy (non-hydrogen) atoms. The van der Waals surface area contributed by atoms with Gasteiger partial charge in [0.25, 0.3) is 0 Å². The van der Waals surface area contributed by atoms with Crippen LogP contribution in [0.4, 0.5) is 0 Å². The molecule has 0 aliphatic carbocycles. The van der Waals surface area contributed by atoms with Crippen LogP contribution in [-0.2, 0) is 19.2 Å². The maximum atomic E-state index is 12.5. The van der Waals surface area contributed by atoms with Gasteiger partial charge in [0.2, 0.25) is 17.7 Å². The monoisotopic (exact) mass is 458 g/mol. The highest BCUT2D eigenvalue weighted by Crippen LogP contribution is 2.04. The van der Waals surface area contributed by atoms with Gasteiger partial charge in [0, 0.05) is 6.54 Å². The van der Waals surface area contributed by atoms with E-state index in [1.807, 2.05) is 0 Å². The van der Waals surface area contributed by atoms with Crippen LogP contribution in [0, 0.1) is 5.92 Å². The summed E-state index contributed by atoms with van der Waals surface area (Å²) >= 11 is 0. The van der Waals surface area contributed by atoms with Crippen molar-refractivity contribution in [2.45, 2.75) is 64.1 Å². The van der Waals surface area contributed by atoms with Crippen molar-refractivity contribution in [1.29, 1.82) is 0 Å². The number of amides is 3. The Hall–Kier alpha value is -2.93. The second-order valence-electron chi connectivity index (χ2n) is 7.75. The highest BCUT2D eigenvalue weighted by Gasteiger charge is 2.26. The molecule has 0 aromatic heterocycles. The number of unbranched alkanes of at least 4 members (excludes halogenated alkanes) is 1. The molecule has 0 fully saturated rings. The molecule has 3 atom stereocenters. The van der Waals surface area contributed by atoms with E-state index in [-0.39, 0.29) is 11.9 Å². The summed E-state index contributed by atoms with van der Waals surface area (Å²) in [4.78, 5) is 52.0. The van der Waals surface area contributed by atoms with Crippen LogP contribution in [0.1, 0.15) is 46.0 Å². The second-order valence-corrected chi connectivity index (χ2v) is 7.75. The molecule has 0 heterocycles. The number of carboxylic acid groups (broad SMARTS) is 1. The SMILES string of the molecule is CC(C)C(NC(=O)CNC(=O)C(CCCCN)NC(=O)C(N)CCCN=C(N)N)C(=O)O. The third kappa shape index (κ3) is 12.7. The lowest BCUT2D eigenvalue weighted by molar-refractivity contribution is -0.143. The fourth-order valence-corrected chi connectivity index (χ4v) is 2.72. The first-order valence-electron chi connectivity index (χ1n) is 10.6. The predicted molar refractivity (Wildman–Crippen MR) is 120 cm³/mol. The summed E-state index contributed by atoms with van der Waals surface area (Å²) in [5.41, 5.74) is 21.8. The molecule has 0 aliphatic rings. The fraction of sp³-hybridized carbons (Fsp3) is 0.737. The van der Waals surface area contributed by atoms with Gasteiger partial charge in [-0.05, 0) is 44.6 Å². The van der Waals surface area contributed by atoms with E-state index in [0.29, 0.717) is 45.2 Å². The molecule has 0 aliphatic heterocycles. The van der Waals surface area contributed by atoms with E-state index < -0.39 is 48.4 Å². The lowest BCUT2D eigenvalue weighted by Gasteiger charge is -2.21. The maximum absolute atomic E-state index is 12.5. The summed E-state index contributed by atoms with van der Waals surface area (Å²) in [7, 11) is 0. The number of carboxylic acids is 1. The van der Waals surface area contributed by atoms with E-state index in [9.17, 15) is 19.2 Å². The van der Waals surface area contributed by atoms with Gasteiger partial charge in [0.15, 0.2) is 5.96 Å². The van der Waals surface area contributed by atoms with Crippen molar-refractivity contribution < 1.29 is 24.3 Å². The van der Waals surface area contributed by atoms with Crippen LogP contribution in [-0.4, -0.2) is 72.5 Å². The van der Waals surface area contributed by atoms with E-state index in [1.54, 1.807) is 13.8 Å². The van der Waals surface area contributed by atoms with Gasteiger partial charge in [-0.25, -0.2) is 4.79 Å². The average Bonchev–Trinajstić information content (AvgIpc) is 2.71. The highest BCUT2D eigenvalue weighted by atomic mass is 16.4. The van der Waals surface area contributed by atoms with Crippen LogP contribution in [0.15, 0.2) is 4.99 Å². The number of hydrogen-bond acceptors (Lipinski definition) is 7. The van der Waals surface area contributed by atoms with Gasteiger partial charge < -0.3 is 44.0 Å². The van der Waals surface area contributed by atoms with Crippen molar-refractivity contribution in [3.05, 3.63) is 0 Å². The molecule has 184 valence electrons. The number of nitrogens with two attached hydrogens (primary N) is 4. The lowest BCUT2D eigenvalue weighted by atomic mass is 10.0. The number of rotatable bonds is 16. The number of carbonyl (C=O) groups excluding carboxylic acids is 3. The quantitative estimate of drug-likeness (QED) is 0.0681. The van der Waals surface area contributed by atoms with Crippen LogP contribution in [0.5, 0.6) is 0 Å². The van der Waals surface area contributed by atoms with Crippen molar-refractivity contribution in [2.75, 3.05) is 19.6 Å². The molecule has 0 aromatic rings. The summed E-state index contributed by atoms with van der Waals surface area (Å²) in [6.07, 6.45) is 2.33. The minimum Gasteiger partial charge on any atom is -0.480 e. The highest BCUT2D eigenvalue weighted by molar-refractivity contribution is 5.92. The number of aliphatic imine (C=N–C) groups is 1. The number of nitrogens with one attached hydrogen (secondary N) is 3. The van der Waals surface area contributed by atoms with Crippen LogP contribution in [0.25, 0.3) is 0 Å². The first-order valence-corrected chi connectivity index (χ1v) is 10.6. The maximum Gasteiger partial charge on any atom is 0.326 e. The Labute approximate surface area is 188 Å². The number of carbonyl (C=O) groups is 4. The Balaban J connectivity index is 4.82. The molecule has 0 saturated heterocycles. The molecule has 13 heteroatoms. The summed E-state index contributed by atoms with van der Waals surface area (Å²) in [6.45, 7) is 3.64. The van der Waals surface area contributed by atoms with Gasteiger partial charge in [0.05, 0.1) is 12.6 Å². The third-order valence-corrected chi connectivity index (χ3v) is 4.56. The van der Waals surface area contributed by atoms with Crippen molar-refractivity contribution in [3.63, 3.8) is 0 Å². The van der Waals surface area contributed by atoms with E-state index in [0.717, 1.165) is 0 Å².